The van der Waals surface area contributed by atoms with Crippen LogP contribution in [0.5, 0.6) is 0 Å². The Hall–Kier alpha value is -2.48. The number of nitrogens with zero attached hydrogens (tertiary/aromatic N) is 3. The summed E-state index contributed by atoms with van der Waals surface area (Å²) in [5, 5.41) is 19.3. The molecular weight excluding hydrogens is 473 g/mol. The third kappa shape index (κ3) is 4.97. The van der Waals surface area contributed by atoms with Gasteiger partial charge in [-0.2, -0.15) is 0 Å². The Morgan fingerprint density at radius 2 is 1.82 bits per heavy atom. The largest absolute Gasteiger partial charge is 0.393 e. The molecule has 3 aromatic carbocycles. The van der Waals surface area contributed by atoms with E-state index in [9.17, 15) is 5.11 Å². The highest BCUT2D eigenvalue weighted by atomic mass is 35.5. The van der Waals surface area contributed by atoms with Gasteiger partial charge in [0.05, 0.1) is 18.8 Å². The van der Waals surface area contributed by atoms with E-state index in [4.69, 9.17) is 32.6 Å². The highest BCUT2D eigenvalue weighted by Crippen LogP contribution is 2.38. The molecule has 0 unspecified atom stereocenters. The molecule has 4 aromatic rings. The topological polar surface area (TPSA) is 71.6 Å². The molecule has 0 spiro atoms. The summed E-state index contributed by atoms with van der Waals surface area (Å²) in [6.45, 7) is 1.42. The van der Waals surface area contributed by atoms with Gasteiger partial charge in [0.15, 0.2) is 0 Å². The van der Waals surface area contributed by atoms with E-state index in [1.807, 2.05) is 30.3 Å². The van der Waals surface area contributed by atoms with Crippen molar-refractivity contribution in [3.8, 4) is 0 Å². The first-order chi connectivity index (χ1) is 16.6. The van der Waals surface area contributed by atoms with Crippen molar-refractivity contribution in [2.75, 3.05) is 13.2 Å². The summed E-state index contributed by atoms with van der Waals surface area (Å²) in [5.41, 5.74) is 4.51. The second kappa shape index (κ2) is 10.4. The Balaban J connectivity index is 1.46. The SMILES string of the molecule is OC[C@@H](O[C@H]1CCCN(Cc2cccc3nonc23)[C@H]1c1ccccc1)c1cc(Cl)cc(Cl)c1. The van der Waals surface area contributed by atoms with Crippen LogP contribution < -0.4 is 0 Å². The third-order valence-corrected chi connectivity index (χ3v) is 6.76. The van der Waals surface area contributed by atoms with E-state index < -0.39 is 6.10 Å². The molecule has 0 aliphatic carbocycles. The second-order valence-electron chi connectivity index (χ2n) is 8.57. The van der Waals surface area contributed by atoms with Crippen LogP contribution in [-0.2, 0) is 11.3 Å². The molecule has 176 valence electrons. The molecule has 1 aromatic heterocycles. The molecule has 0 bridgehead atoms. The zero-order chi connectivity index (χ0) is 23.5. The number of aliphatic hydroxyl groups is 1. The van der Waals surface area contributed by atoms with E-state index in [1.54, 1.807) is 18.2 Å². The van der Waals surface area contributed by atoms with Crippen molar-refractivity contribution in [1.82, 2.24) is 15.2 Å². The first kappa shape index (κ1) is 23.3. The number of likely N-dealkylation sites (tertiary alicyclic amines) is 1. The van der Waals surface area contributed by atoms with Crippen molar-refractivity contribution in [3.05, 3.63) is 93.5 Å². The average molecular weight is 498 g/mol. The van der Waals surface area contributed by atoms with Crippen LogP contribution in [0.1, 0.15) is 41.7 Å². The average Bonchev–Trinajstić information content (AvgIpc) is 3.32. The first-order valence-electron chi connectivity index (χ1n) is 11.3. The zero-order valence-corrected chi connectivity index (χ0v) is 20.0. The molecule has 6 nitrogen and oxygen atoms in total. The van der Waals surface area contributed by atoms with Crippen LogP contribution in [-0.4, -0.2) is 39.6 Å². The number of hydrogen-bond acceptors (Lipinski definition) is 6. The summed E-state index contributed by atoms with van der Waals surface area (Å²) in [4.78, 5) is 2.41. The minimum absolute atomic E-state index is 0.00577. The first-order valence-corrected chi connectivity index (χ1v) is 12.1. The van der Waals surface area contributed by atoms with E-state index in [-0.39, 0.29) is 18.8 Å². The third-order valence-electron chi connectivity index (χ3n) is 6.33. The normalized spacial score (nSPS) is 20.0. The van der Waals surface area contributed by atoms with E-state index in [2.05, 4.69) is 33.4 Å². The highest BCUT2D eigenvalue weighted by molar-refractivity contribution is 6.34. The van der Waals surface area contributed by atoms with Crippen molar-refractivity contribution in [1.29, 1.82) is 0 Å². The van der Waals surface area contributed by atoms with Gasteiger partial charge in [-0.1, -0.05) is 65.7 Å². The van der Waals surface area contributed by atoms with Gasteiger partial charge in [-0.05, 0) is 70.7 Å². The predicted molar refractivity (Wildman–Crippen MR) is 132 cm³/mol. The number of ether oxygens (including phenoxy) is 1. The summed E-state index contributed by atoms with van der Waals surface area (Å²) in [7, 11) is 0. The van der Waals surface area contributed by atoms with E-state index in [0.29, 0.717) is 16.6 Å². The van der Waals surface area contributed by atoms with Crippen molar-refractivity contribution >= 4 is 34.2 Å². The summed E-state index contributed by atoms with van der Waals surface area (Å²) in [6.07, 6.45) is 1.17. The van der Waals surface area contributed by atoms with Gasteiger partial charge in [0.1, 0.15) is 17.1 Å². The maximum absolute atomic E-state index is 10.2. The maximum Gasteiger partial charge on any atom is 0.139 e. The monoisotopic (exact) mass is 497 g/mol. The Labute approximate surface area is 208 Å². The number of piperidine rings is 1. The summed E-state index contributed by atoms with van der Waals surface area (Å²) < 4.78 is 11.6. The number of hydrogen-bond donors (Lipinski definition) is 1. The van der Waals surface area contributed by atoms with Crippen LogP contribution in [0.15, 0.2) is 71.4 Å². The smallest absolute Gasteiger partial charge is 0.139 e. The van der Waals surface area contributed by atoms with Crippen molar-refractivity contribution < 1.29 is 14.5 Å². The summed E-state index contributed by atoms with van der Waals surface area (Å²) in [5.74, 6) is 0. The molecule has 0 radical (unpaired) electrons. The van der Waals surface area contributed by atoms with Gasteiger partial charge in [0, 0.05) is 16.6 Å². The number of fused-ring (bicyclic) bond motifs is 1. The number of rotatable bonds is 7. The van der Waals surface area contributed by atoms with Crippen molar-refractivity contribution in [2.45, 2.75) is 37.6 Å². The quantitative estimate of drug-likeness (QED) is 0.338. The summed E-state index contributed by atoms with van der Waals surface area (Å²) in [6, 6.07) is 21.5. The van der Waals surface area contributed by atoms with Crippen LogP contribution in [0, 0.1) is 0 Å². The highest BCUT2D eigenvalue weighted by Gasteiger charge is 2.35. The maximum atomic E-state index is 10.2. The number of aliphatic hydroxyl groups excluding tert-OH is 1. The van der Waals surface area contributed by atoms with Crippen molar-refractivity contribution in [3.63, 3.8) is 0 Å². The Morgan fingerprint density at radius 1 is 1.03 bits per heavy atom. The van der Waals surface area contributed by atoms with Crippen LogP contribution in [0.4, 0.5) is 0 Å². The van der Waals surface area contributed by atoms with Crippen LogP contribution >= 0.6 is 23.2 Å². The van der Waals surface area contributed by atoms with E-state index >= 15 is 0 Å². The van der Waals surface area contributed by atoms with Gasteiger partial charge in [-0.3, -0.25) is 4.90 Å². The van der Waals surface area contributed by atoms with Gasteiger partial charge in [-0.15, -0.1) is 0 Å². The van der Waals surface area contributed by atoms with Gasteiger partial charge < -0.3 is 9.84 Å². The molecule has 0 amide bonds. The van der Waals surface area contributed by atoms with Crippen LogP contribution in [0.25, 0.3) is 11.0 Å². The standard InChI is InChI=1S/C26H25Cl2N3O3/c27-20-12-19(13-21(28)14-20)24(16-32)33-23-10-5-11-31(26(23)17-6-2-1-3-7-17)15-18-8-4-9-22-25(18)30-34-29-22/h1-4,6-9,12-14,23-24,26,32H,5,10-11,15-16H2/t23-,24+,26-/m0/s1. The fourth-order valence-electron chi connectivity index (χ4n) is 4.83. The van der Waals surface area contributed by atoms with Crippen LogP contribution in [0.3, 0.4) is 0 Å². The lowest BCUT2D eigenvalue weighted by atomic mass is 9.91. The molecule has 2 heterocycles. The summed E-state index contributed by atoms with van der Waals surface area (Å²) >= 11 is 12.4. The number of aromatic nitrogens is 2. The second-order valence-corrected chi connectivity index (χ2v) is 9.44. The molecule has 1 aliphatic rings. The molecule has 34 heavy (non-hydrogen) atoms. The van der Waals surface area contributed by atoms with Gasteiger partial charge in [0.2, 0.25) is 0 Å². The lowest BCUT2D eigenvalue weighted by Crippen LogP contribution is -2.43. The van der Waals surface area contributed by atoms with Crippen LogP contribution in [0.2, 0.25) is 10.0 Å². The fourth-order valence-corrected chi connectivity index (χ4v) is 5.37. The zero-order valence-electron chi connectivity index (χ0n) is 18.5. The lowest BCUT2D eigenvalue weighted by Gasteiger charge is -2.42. The molecule has 5 rings (SSSR count). The predicted octanol–water partition coefficient (Wildman–Crippen LogP) is 5.99. The number of benzene rings is 3. The Kier molecular flexibility index (Phi) is 7.13. The molecule has 1 saturated heterocycles. The van der Waals surface area contributed by atoms with E-state index in [0.717, 1.165) is 41.5 Å². The van der Waals surface area contributed by atoms with E-state index in [1.165, 1.54) is 5.56 Å². The van der Waals surface area contributed by atoms with Gasteiger partial charge in [-0.25, -0.2) is 4.63 Å². The number of halogens is 2. The molecule has 8 heteroatoms. The lowest BCUT2D eigenvalue weighted by molar-refractivity contribution is -0.100. The Morgan fingerprint density at radius 3 is 2.59 bits per heavy atom. The minimum atomic E-state index is -0.532. The molecule has 1 N–H and O–H groups in total. The van der Waals surface area contributed by atoms with Gasteiger partial charge >= 0.3 is 0 Å². The molecule has 0 saturated carbocycles. The van der Waals surface area contributed by atoms with Crippen molar-refractivity contribution in [2.24, 2.45) is 0 Å². The molecule has 1 aliphatic heterocycles. The molecule has 3 atom stereocenters. The fraction of sp³-hybridized carbons (Fsp3) is 0.308. The molecule has 1 fully saturated rings. The van der Waals surface area contributed by atoms with Gasteiger partial charge in [0.25, 0.3) is 0 Å². The molecular formula is C26H25Cl2N3O3. The Bertz CT molecular complexity index is 1230. The minimum Gasteiger partial charge on any atom is -0.393 e.